The van der Waals surface area contributed by atoms with Gasteiger partial charge in [0.25, 0.3) is 0 Å². The van der Waals surface area contributed by atoms with Gasteiger partial charge in [-0.3, -0.25) is 4.90 Å². The molecule has 0 spiro atoms. The van der Waals surface area contributed by atoms with Crippen LogP contribution in [0.15, 0.2) is 30.6 Å². The SMILES string of the molecule is Cc1cccc(C)c1CN1CCNCC1c1nccn1C. The molecule has 1 aromatic carbocycles. The lowest BCUT2D eigenvalue weighted by Gasteiger charge is -2.36. The zero-order valence-corrected chi connectivity index (χ0v) is 13.1. The van der Waals surface area contributed by atoms with Crippen LogP contribution >= 0.6 is 0 Å². The Kier molecular flexibility index (Phi) is 4.08. The highest BCUT2D eigenvalue weighted by Crippen LogP contribution is 2.25. The molecule has 4 heteroatoms. The van der Waals surface area contributed by atoms with Gasteiger partial charge in [0.2, 0.25) is 0 Å². The largest absolute Gasteiger partial charge is 0.337 e. The normalized spacial score (nSPS) is 19.9. The van der Waals surface area contributed by atoms with Gasteiger partial charge >= 0.3 is 0 Å². The molecule has 3 rings (SSSR count). The van der Waals surface area contributed by atoms with Gasteiger partial charge in [-0.1, -0.05) is 18.2 Å². The summed E-state index contributed by atoms with van der Waals surface area (Å²) >= 11 is 0. The molecule has 1 fully saturated rings. The van der Waals surface area contributed by atoms with Crippen molar-refractivity contribution in [3.8, 4) is 0 Å². The number of hydrogen-bond acceptors (Lipinski definition) is 3. The first kappa shape index (κ1) is 14.3. The molecule has 0 amide bonds. The number of imidazole rings is 1. The van der Waals surface area contributed by atoms with Gasteiger partial charge in [0.1, 0.15) is 5.82 Å². The number of aromatic nitrogens is 2. The molecule has 112 valence electrons. The monoisotopic (exact) mass is 284 g/mol. The van der Waals surface area contributed by atoms with Gasteiger partial charge in [0.05, 0.1) is 6.04 Å². The second kappa shape index (κ2) is 6.00. The molecule has 1 saturated heterocycles. The van der Waals surface area contributed by atoms with E-state index in [2.05, 4.69) is 58.9 Å². The Morgan fingerprint density at radius 2 is 2.05 bits per heavy atom. The lowest BCUT2D eigenvalue weighted by atomic mass is 10.0. The lowest BCUT2D eigenvalue weighted by Crippen LogP contribution is -2.46. The Hall–Kier alpha value is -1.65. The maximum atomic E-state index is 4.56. The van der Waals surface area contributed by atoms with Crippen LogP contribution in [0.4, 0.5) is 0 Å². The molecule has 0 aliphatic carbocycles. The predicted molar refractivity (Wildman–Crippen MR) is 85.1 cm³/mol. The van der Waals surface area contributed by atoms with E-state index in [-0.39, 0.29) is 0 Å². The van der Waals surface area contributed by atoms with E-state index in [1.165, 1.54) is 16.7 Å². The van der Waals surface area contributed by atoms with Gasteiger partial charge < -0.3 is 9.88 Å². The van der Waals surface area contributed by atoms with Crippen LogP contribution in [-0.4, -0.2) is 34.1 Å². The average molecular weight is 284 g/mol. The topological polar surface area (TPSA) is 33.1 Å². The maximum absolute atomic E-state index is 4.56. The van der Waals surface area contributed by atoms with Crippen LogP contribution in [0.1, 0.15) is 28.6 Å². The number of piperazine rings is 1. The van der Waals surface area contributed by atoms with E-state index >= 15 is 0 Å². The molecule has 0 bridgehead atoms. The Labute approximate surface area is 126 Å². The first-order valence-corrected chi connectivity index (χ1v) is 7.64. The molecule has 1 aromatic heterocycles. The van der Waals surface area contributed by atoms with E-state index in [1.807, 2.05) is 12.4 Å². The summed E-state index contributed by atoms with van der Waals surface area (Å²) < 4.78 is 2.13. The van der Waals surface area contributed by atoms with Gasteiger partial charge in [-0.2, -0.15) is 0 Å². The Balaban J connectivity index is 1.87. The summed E-state index contributed by atoms with van der Waals surface area (Å²) in [7, 11) is 2.08. The third-order valence-corrected chi connectivity index (χ3v) is 4.52. The summed E-state index contributed by atoms with van der Waals surface area (Å²) in [5.74, 6) is 1.15. The molecule has 1 atom stereocenters. The first-order chi connectivity index (χ1) is 10.2. The lowest BCUT2D eigenvalue weighted by molar-refractivity contribution is 0.144. The van der Waals surface area contributed by atoms with Crippen LogP contribution in [-0.2, 0) is 13.6 Å². The molecular weight excluding hydrogens is 260 g/mol. The Bertz CT molecular complexity index is 597. The smallest absolute Gasteiger partial charge is 0.127 e. The van der Waals surface area contributed by atoms with Gasteiger partial charge in [-0.05, 0) is 30.5 Å². The summed E-state index contributed by atoms with van der Waals surface area (Å²) in [6.45, 7) is 8.49. The van der Waals surface area contributed by atoms with Crippen molar-refractivity contribution in [1.82, 2.24) is 19.8 Å². The zero-order chi connectivity index (χ0) is 14.8. The minimum Gasteiger partial charge on any atom is -0.337 e. The number of nitrogens with one attached hydrogen (secondary N) is 1. The van der Waals surface area contributed by atoms with E-state index in [4.69, 9.17) is 0 Å². The third-order valence-electron chi connectivity index (χ3n) is 4.52. The molecule has 1 N–H and O–H groups in total. The number of hydrogen-bond donors (Lipinski definition) is 1. The molecular formula is C17H24N4. The third kappa shape index (κ3) is 2.87. The molecule has 4 nitrogen and oxygen atoms in total. The zero-order valence-electron chi connectivity index (χ0n) is 13.1. The average Bonchev–Trinajstić information content (AvgIpc) is 2.90. The van der Waals surface area contributed by atoms with Gasteiger partial charge in [0, 0.05) is 45.6 Å². The summed E-state index contributed by atoms with van der Waals surface area (Å²) in [5.41, 5.74) is 4.22. The number of aryl methyl sites for hydroxylation is 3. The fourth-order valence-corrected chi connectivity index (χ4v) is 3.19. The summed E-state index contributed by atoms with van der Waals surface area (Å²) in [6.07, 6.45) is 3.92. The van der Waals surface area contributed by atoms with Gasteiger partial charge in [-0.15, -0.1) is 0 Å². The highest BCUT2D eigenvalue weighted by molar-refractivity contribution is 5.33. The van der Waals surface area contributed by atoms with Crippen molar-refractivity contribution in [1.29, 1.82) is 0 Å². The van der Waals surface area contributed by atoms with Crippen molar-refractivity contribution in [2.75, 3.05) is 19.6 Å². The minimum atomic E-state index is 0.345. The van der Waals surface area contributed by atoms with Crippen LogP contribution < -0.4 is 5.32 Å². The van der Waals surface area contributed by atoms with Crippen molar-refractivity contribution >= 4 is 0 Å². The molecule has 0 saturated carbocycles. The van der Waals surface area contributed by atoms with E-state index in [0.29, 0.717) is 6.04 Å². The fraction of sp³-hybridized carbons (Fsp3) is 0.471. The van der Waals surface area contributed by atoms with Gasteiger partial charge in [-0.25, -0.2) is 4.98 Å². The van der Waals surface area contributed by atoms with E-state index in [1.54, 1.807) is 0 Å². The van der Waals surface area contributed by atoms with Gasteiger partial charge in [0.15, 0.2) is 0 Å². The Morgan fingerprint density at radius 1 is 1.29 bits per heavy atom. The van der Waals surface area contributed by atoms with Crippen LogP contribution in [0, 0.1) is 13.8 Å². The van der Waals surface area contributed by atoms with Crippen molar-refractivity contribution in [3.63, 3.8) is 0 Å². The van der Waals surface area contributed by atoms with Crippen LogP contribution in [0.5, 0.6) is 0 Å². The highest BCUT2D eigenvalue weighted by atomic mass is 15.3. The standard InChI is InChI=1S/C17H24N4/c1-13-5-4-6-14(2)15(13)12-21-10-7-18-11-16(21)17-19-8-9-20(17)3/h4-6,8-9,16,18H,7,10-12H2,1-3H3. The molecule has 2 aromatic rings. The Morgan fingerprint density at radius 3 is 2.71 bits per heavy atom. The molecule has 2 heterocycles. The minimum absolute atomic E-state index is 0.345. The second-order valence-corrected chi connectivity index (χ2v) is 5.96. The fourth-order valence-electron chi connectivity index (χ4n) is 3.19. The van der Waals surface area contributed by atoms with E-state index < -0.39 is 0 Å². The molecule has 1 unspecified atom stereocenters. The van der Waals surface area contributed by atoms with E-state index in [9.17, 15) is 0 Å². The summed E-state index contributed by atoms with van der Waals surface area (Å²) in [6, 6.07) is 6.90. The number of rotatable bonds is 3. The first-order valence-electron chi connectivity index (χ1n) is 7.64. The molecule has 1 aliphatic heterocycles. The second-order valence-electron chi connectivity index (χ2n) is 5.96. The number of nitrogens with zero attached hydrogens (tertiary/aromatic N) is 3. The molecule has 0 radical (unpaired) electrons. The molecule has 1 aliphatic rings. The maximum Gasteiger partial charge on any atom is 0.127 e. The van der Waals surface area contributed by atoms with Crippen LogP contribution in [0.3, 0.4) is 0 Å². The van der Waals surface area contributed by atoms with Crippen LogP contribution in [0.2, 0.25) is 0 Å². The molecule has 21 heavy (non-hydrogen) atoms. The quantitative estimate of drug-likeness (QED) is 0.938. The van der Waals surface area contributed by atoms with Crippen molar-refractivity contribution in [2.24, 2.45) is 7.05 Å². The van der Waals surface area contributed by atoms with Crippen molar-refractivity contribution in [2.45, 2.75) is 26.4 Å². The highest BCUT2D eigenvalue weighted by Gasteiger charge is 2.27. The van der Waals surface area contributed by atoms with Crippen molar-refractivity contribution in [3.05, 3.63) is 53.1 Å². The predicted octanol–water partition coefficient (Wildman–Crippen LogP) is 2.18. The van der Waals surface area contributed by atoms with E-state index in [0.717, 1.165) is 32.0 Å². The number of benzene rings is 1. The van der Waals surface area contributed by atoms with Crippen molar-refractivity contribution < 1.29 is 0 Å². The summed E-state index contributed by atoms with van der Waals surface area (Å²) in [4.78, 5) is 7.11. The van der Waals surface area contributed by atoms with Crippen LogP contribution in [0.25, 0.3) is 0 Å². The summed E-state index contributed by atoms with van der Waals surface area (Å²) in [5, 5.41) is 3.50.